The van der Waals surface area contributed by atoms with Crippen molar-refractivity contribution in [2.75, 3.05) is 12.8 Å². The van der Waals surface area contributed by atoms with Crippen LogP contribution in [0.3, 0.4) is 0 Å². The van der Waals surface area contributed by atoms with Crippen LogP contribution in [0.5, 0.6) is 5.88 Å². The van der Waals surface area contributed by atoms with E-state index in [9.17, 15) is 0 Å². The summed E-state index contributed by atoms with van der Waals surface area (Å²) in [5, 5.41) is 0. The van der Waals surface area contributed by atoms with E-state index in [1.165, 1.54) is 19.2 Å². The third-order valence-corrected chi connectivity index (χ3v) is 4.31. The van der Waals surface area contributed by atoms with E-state index in [-0.39, 0.29) is 0 Å². The Kier molecular flexibility index (Phi) is 2.62. The largest absolute Gasteiger partial charge is 0.479 e. The van der Waals surface area contributed by atoms with E-state index < -0.39 is 0 Å². The smallest absolute Gasteiger partial charge is 0.245 e. The maximum absolute atomic E-state index is 6.04. The van der Waals surface area contributed by atoms with Gasteiger partial charge in [0.15, 0.2) is 11.2 Å². The van der Waals surface area contributed by atoms with Crippen LogP contribution in [0.4, 0.5) is 5.95 Å². The van der Waals surface area contributed by atoms with Crippen molar-refractivity contribution in [2.45, 2.75) is 33.2 Å². The molecule has 2 N–H and O–H groups in total. The molecule has 1 saturated carbocycles. The lowest BCUT2D eigenvalue weighted by molar-refractivity contribution is 0.313. The first-order valence-electron chi connectivity index (χ1n) is 6.58. The van der Waals surface area contributed by atoms with Gasteiger partial charge in [0, 0.05) is 6.54 Å². The molecule has 1 aliphatic rings. The van der Waals surface area contributed by atoms with Gasteiger partial charge in [-0.05, 0) is 24.2 Å². The maximum Gasteiger partial charge on any atom is 0.245 e. The monoisotopic (exact) mass is 261 g/mol. The maximum atomic E-state index is 6.04. The molecule has 0 bridgehead atoms. The number of methoxy groups -OCH3 is 1. The molecule has 0 aliphatic heterocycles. The van der Waals surface area contributed by atoms with Gasteiger partial charge in [-0.3, -0.25) is 4.57 Å². The summed E-state index contributed by atoms with van der Waals surface area (Å²) in [6, 6.07) is 0. The molecule has 19 heavy (non-hydrogen) atoms. The summed E-state index contributed by atoms with van der Waals surface area (Å²) >= 11 is 0. The molecule has 1 fully saturated rings. The van der Waals surface area contributed by atoms with Crippen LogP contribution < -0.4 is 10.5 Å². The number of nitrogens with two attached hydrogens (primary N) is 1. The fourth-order valence-corrected chi connectivity index (χ4v) is 2.63. The minimum Gasteiger partial charge on any atom is -0.479 e. The molecule has 0 atom stereocenters. The standard InChI is InChI=1S/C13H19N5O/c1-8(2)13(4-5-13)6-18-10-9(17-12(18)14)11(19-3)16-7-15-10/h7-8H,4-6H2,1-3H3,(H2,14,17). The fraction of sp³-hybridized carbons (Fsp3) is 0.615. The highest BCUT2D eigenvalue weighted by molar-refractivity contribution is 5.78. The molecular formula is C13H19N5O. The second-order valence-electron chi connectivity index (χ2n) is 5.63. The minimum atomic E-state index is 0.347. The van der Waals surface area contributed by atoms with E-state index in [0.717, 1.165) is 12.2 Å². The fourth-order valence-electron chi connectivity index (χ4n) is 2.63. The zero-order chi connectivity index (χ0) is 13.6. The van der Waals surface area contributed by atoms with Crippen LogP contribution in [0.1, 0.15) is 26.7 Å². The van der Waals surface area contributed by atoms with Crippen LogP contribution in [0.15, 0.2) is 6.33 Å². The van der Waals surface area contributed by atoms with Crippen molar-refractivity contribution in [1.82, 2.24) is 19.5 Å². The van der Waals surface area contributed by atoms with Crippen molar-refractivity contribution >= 4 is 17.1 Å². The number of ether oxygens (including phenoxy) is 1. The predicted molar refractivity (Wildman–Crippen MR) is 72.8 cm³/mol. The summed E-state index contributed by atoms with van der Waals surface area (Å²) in [6.45, 7) is 5.39. The topological polar surface area (TPSA) is 78.8 Å². The van der Waals surface area contributed by atoms with Gasteiger partial charge in [-0.15, -0.1) is 0 Å². The van der Waals surface area contributed by atoms with Crippen molar-refractivity contribution in [3.63, 3.8) is 0 Å². The molecule has 102 valence electrons. The Labute approximate surface area is 112 Å². The zero-order valence-corrected chi connectivity index (χ0v) is 11.6. The summed E-state index contributed by atoms with van der Waals surface area (Å²) in [5.41, 5.74) is 7.79. The average Bonchev–Trinajstić information content (AvgIpc) is 3.11. The summed E-state index contributed by atoms with van der Waals surface area (Å²) in [4.78, 5) is 12.7. The highest BCUT2D eigenvalue weighted by Gasteiger charge is 2.46. The lowest BCUT2D eigenvalue weighted by atomic mass is 9.92. The Bertz CT molecular complexity index is 615. The van der Waals surface area contributed by atoms with Crippen molar-refractivity contribution in [2.24, 2.45) is 11.3 Å². The van der Waals surface area contributed by atoms with Crippen LogP contribution in [0, 0.1) is 11.3 Å². The van der Waals surface area contributed by atoms with Crippen LogP contribution in [0.25, 0.3) is 11.2 Å². The molecule has 0 unspecified atom stereocenters. The van der Waals surface area contributed by atoms with E-state index in [1.807, 2.05) is 4.57 Å². The van der Waals surface area contributed by atoms with Gasteiger partial charge in [-0.25, -0.2) is 9.97 Å². The van der Waals surface area contributed by atoms with Gasteiger partial charge in [0.05, 0.1) is 7.11 Å². The van der Waals surface area contributed by atoms with E-state index in [2.05, 4.69) is 28.8 Å². The Hall–Kier alpha value is -1.85. The number of hydrogen-bond acceptors (Lipinski definition) is 5. The molecule has 2 aromatic heterocycles. The zero-order valence-electron chi connectivity index (χ0n) is 11.6. The molecule has 1 aliphatic carbocycles. The van der Waals surface area contributed by atoms with E-state index >= 15 is 0 Å². The quantitative estimate of drug-likeness (QED) is 0.908. The van der Waals surface area contributed by atoms with Crippen molar-refractivity contribution in [1.29, 1.82) is 0 Å². The second kappa shape index (κ2) is 4.08. The van der Waals surface area contributed by atoms with E-state index in [4.69, 9.17) is 10.5 Å². The van der Waals surface area contributed by atoms with Gasteiger partial charge in [-0.2, -0.15) is 4.98 Å². The van der Waals surface area contributed by atoms with Gasteiger partial charge in [0.1, 0.15) is 6.33 Å². The molecule has 0 radical (unpaired) electrons. The third-order valence-electron chi connectivity index (χ3n) is 4.31. The van der Waals surface area contributed by atoms with Gasteiger partial charge in [0.25, 0.3) is 0 Å². The molecule has 2 heterocycles. The molecule has 3 rings (SSSR count). The van der Waals surface area contributed by atoms with Crippen LogP contribution in [-0.4, -0.2) is 26.6 Å². The van der Waals surface area contributed by atoms with Gasteiger partial charge in [0.2, 0.25) is 11.8 Å². The van der Waals surface area contributed by atoms with Crippen molar-refractivity contribution in [3.8, 4) is 5.88 Å². The summed E-state index contributed by atoms with van der Waals surface area (Å²) in [6.07, 6.45) is 3.98. The van der Waals surface area contributed by atoms with Gasteiger partial charge >= 0.3 is 0 Å². The number of fused-ring (bicyclic) bond motifs is 1. The van der Waals surface area contributed by atoms with Crippen molar-refractivity contribution < 1.29 is 4.74 Å². The van der Waals surface area contributed by atoms with Gasteiger partial charge < -0.3 is 10.5 Å². The summed E-state index contributed by atoms with van der Waals surface area (Å²) in [5.74, 6) is 1.60. The normalized spacial score (nSPS) is 17.1. The highest BCUT2D eigenvalue weighted by Crippen LogP contribution is 2.53. The number of rotatable bonds is 4. The SMILES string of the molecule is COc1ncnc2c1nc(N)n2CC1(C(C)C)CC1. The summed E-state index contributed by atoms with van der Waals surface area (Å²) in [7, 11) is 1.58. The molecule has 0 aromatic carbocycles. The molecule has 6 nitrogen and oxygen atoms in total. The second-order valence-corrected chi connectivity index (χ2v) is 5.63. The first kappa shape index (κ1) is 12.2. The lowest BCUT2D eigenvalue weighted by Crippen LogP contribution is -2.19. The predicted octanol–water partition coefficient (Wildman–Crippen LogP) is 1.85. The number of anilines is 1. The van der Waals surface area contributed by atoms with E-state index in [0.29, 0.717) is 28.7 Å². The number of nitrogens with zero attached hydrogens (tertiary/aromatic N) is 4. The first-order valence-corrected chi connectivity index (χ1v) is 6.58. The number of aromatic nitrogens is 4. The first-order chi connectivity index (χ1) is 9.07. The Morgan fingerprint density at radius 2 is 2.16 bits per heavy atom. The Morgan fingerprint density at radius 1 is 1.42 bits per heavy atom. The molecule has 0 amide bonds. The molecule has 0 spiro atoms. The van der Waals surface area contributed by atoms with Crippen LogP contribution in [0.2, 0.25) is 0 Å². The van der Waals surface area contributed by atoms with Crippen molar-refractivity contribution in [3.05, 3.63) is 6.33 Å². The number of imidazole rings is 1. The number of hydrogen-bond donors (Lipinski definition) is 1. The van der Waals surface area contributed by atoms with Gasteiger partial charge in [-0.1, -0.05) is 13.8 Å². The average molecular weight is 261 g/mol. The highest BCUT2D eigenvalue weighted by atomic mass is 16.5. The minimum absolute atomic E-state index is 0.347. The third kappa shape index (κ3) is 1.82. The Balaban J connectivity index is 2.07. The number of nitrogen functional groups attached to an aromatic ring is 1. The van der Waals surface area contributed by atoms with Crippen LogP contribution in [-0.2, 0) is 6.54 Å². The van der Waals surface area contributed by atoms with E-state index in [1.54, 1.807) is 7.11 Å². The lowest BCUT2D eigenvalue weighted by Gasteiger charge is -2.20. The van der Waals surface area contributed by atoms with Crippen LogP contribution >= 0.6 is 0 Å². The molecular weight excluding hydrogens is 242 g/mol. The molecule has 2 aromatic rings. The molecule has 6 heteroatoms. The summed E-state index contributed by atoms with van der Waals surface area (Å²) < 4.78 is 7.20. The Morgan fingerprint density at radius 3 is 2.74 bits per heavy atom. The molecule has 0 saturated heterocycles.